The van der Waals surface area contributed by atoms with E-state index >= 15 is 0 Å². The number of aromatic nitrogens is 4. The SMILES string of the molecule is Cc1cnc(C(O)c2ccnn2-c2ccccc2)cn1. The average Bonchev–Trinajstić information content (AvgIpc) is 2.97. The lowest BCUT2D eigenvalue weighted by atomic mass is 10.2. The van der Waals surface area contributed by atoms with Gasteiger partial charge in [0, 0.05) is 12.4 Å². The van der Waals surface area contributed by atoms with Crippen LogP contribution in [-0.2, 0) is 0 Å². The van der Waals surface area contributed by atoms with Crippen molar-refractivity contribution in [2.24, 2.45) is 0 Å². The molecule has 0 aliphatic carbocycles. The minimum Gasteiger partial charge on any atom is -0.380 e. The van der Waals surface area contributed by atoms with Crippen LogP contribution in [0.3, 0.4) is 0 Å². The maximum absolute atomic E-state index is 10.5. The van der Waals surface area contributed by atoms with Gasteiger partial charge in [-0.05, 0) is 25.1 Å². The van der Waals surface area contributed by atoms with E-state index in [1.54, 1.807) is 29.3 Å². The maximum Gasteiger partial charge on any atom is 0.139 e. The second-order valence-corrected chi connectivity index (χ2v) is 4.49. The average molecular weight is 266 g/mol. The van der Waals surface area contributed by atoms with Crippen molar-refractivity contribution in [2.75, 3.05) is 0 Å². The summed E-state index contributed by atoms with van der Waals surface area (Å²) in [5.41, 5.74) is 2.88. The zero-order valence-corrected chi connectivity index (χ0v) is 11.0. The van der Waals surface area contributed by atoms with Gasteiger partial charge in [0.15, 0.2) is 0 Å². The summed E-state index contributed by atoms with van der Waals surface area (Å²) in [6, 6.07) is 11.4. The Morgan fingerprint density at radius 1 is 1.05 bits per heavy atom. The van der Waals surface area contributed by atoms with E-state index in [2.05, 4.69) is 15.1 Å². The summed E-state index contributed by atoms with van der Waals surface area (Å²) in [6.45, 7) is 1.86. The molecule has 5 heteroatoms. The molecule has 0 bridgehead atoms. The highest BCUT2D eigenvalue weighted by Crippen LogP contribution is 2.21. The van der Waals surface area contributed by atoms with Crippen LogP contribution < -0.4 is 0 Å². The van der Waals surface area contributed by atoms with Crippen molar-refractivity contribution in [2.45, 2.75) is 13.0 Å². The molecular formula is C15H14N4O. The van der Waals surface area contributed by atoms with Gasteiger partial charge in [-0.15, -0.1) is 0 Å². The van der Waals surface area contributed by atoms with E-state index in [1.165, 1.54) is 0 Å². The Balaban J connectivity index is 1.99. The third kappa shape index (κ3) is 2.31. The zero-order valence-electron chi connectivity index (χ0n) is 11.0. The molecule has 0 amide bonds. The molecule has 0 saturated heterocycles. The first-order valence-corrected chi connectivity index (χ1v) is 6.31. The fourth-order valence-corrected chi connectivity index (χ4v) is 2.00. The van der Waals surface area contributed by atoms with Gasteiger partial charge in [-0.25, -0.2) is 4.68 Å². The predicted octanol–water partition coefficient (Wildman–Crippen LogP) is 2.05. The summed E-state index contributed by atoms with van der Waals surface area (Å²) in [7, 11) is 0. The Kier molecular flexibility index (Phi) is 3.26. The van der Waals surface area contributed by atoms with E-state index in [-0.39, 0.29) is 0 Å². The summed E-state index contributed by atoms with van der Waals surface area (Å²) < 4.78 is 1.70. The highest BCUT2D eigenvalue weighted by Gasteiger charge is 2.17. The molecule has 1 unspecified atom stereocenters. The molecule has 3 rings (SSSR count). The molecule has 0 aliphatic heterocycles. The monoisotopic (exact) mass is 266 g/mol. The molecule has 20 heavy (non-hydrogen) atoms. The van der Waals surface area contributed by atoms with E-state index in [0.717, 1.165) is 11.4 Å². The summed E-state index contributed by atoms with van der Waals surface area (Å²) in [5.74, 6) is 0. The van der Waals surface area contributed by atoms with Crippen LogP contribution in [0.25, 0.3) is 5.69 Å². The van der Waals surface area contributed by atoms with Crippen molar-refractivity contribution in [3.05, 3.63) is 72.1 Å². The number of hydrogen-bond donors (Lipinski definition) is 1. The molecule has 2 heterocycles. The number of para-hydroxylation sites is 1. The van der Waals surface area contributed by atoms with Crippen molar-refractivity contribution in [1.82, 2.24) is 19.7 Å². The molecule has 0 radical (unpaired) electrons. The van der Waals surface area contributed by atoms with Crippen molar-refractivity contribution in [3.8, 4) is 5.69 Å². The smallest absolute Gasteiger partial charge is 0.139 e. The molecule has 3 aromatic rings. The van der Waals surface area contributed by atoms with Crippen molar-refractivity contribution in [1.29, 1.82) is 0 Å². The van der Waals surface area contributed by atoms with Crippen LogP contribution in [0.2, 0.25) is 0 Å². The van der Waals surface area contributed by atoms with E-state index in [1.807, 2.05) is 37.3 Å². The van der Waals surface area contributed by atoms with Gasteiger partial charge in [0.05, 0.1) is 29.0 Å². The lowest BCUT2D eigenvalue weighted by Gasteiger charge is -2.12. The number of aliphatic hydroxyl groups excluding tert-OH is 1. The van der Waals surface area contributed by atoms with E-state index < -0.39 is 6.10 Å². The maximum atomic E-state index is 10.5. The Morgan fingerprint density at radius 2 is 1.85 bits per heavy atom. The first-order chi connectivity index (χ1) is 9.75. The number of aliphatic hydroxyl groups is 1. The third-order valence-corrected chi connectivity index (χ3v) is 3.03. The van der Waals surface area contributed by atoms with Crippen molar-refractivity contribution < 1.29 is 5.11 Å². The van der Waals surface area contributed by atoms with Gasteiger partial charge >= 0.3 is 0 Å². The molecule has 1 atom stereocenters. The number of benzene rings is 1. The number of aryl methyl sites for hydroxylation is 1. The lowest BCUT2D eigenvalue weighted by Crippen LogP contribution is -2.10. The van der Waals surface area contributed by atoms with Gasteiger partial charge in [0.1, 0.15) is 6.10 Å². The summed E-state index contributed by atoms with van der Waals surface area (Å²) >= 11 is 0. The Bertz CT molecular complexity index is 691. The van der Waals surface area contributed by atoms with Gasteiger partial charge in [0.2, 0.25) is 0 Å². The zero-order chi connectivity index (χ0) is 13.9. The molecule has 5 nitrogen and oxygen atoms in total. The molecule has 2 aromatic heterocycles. The molecular weight excluding hydrogens is 252 g/mol. The molecule has 0 aliphatic rings. The summed E-state index contributed by atoms with van der Waals surface area (Å²) in [5, 5.41) is 14.7. The van der Waals surface area contributed by atoms with Crippen LogP contribution in [0.15, 0.2) is 55.0 Å². The summed E-state index contributed by atoms with van der Waals surface area (Å²) in [6.07, 6.45) is 4.03. The van der Waals surface area contributed by atoms with Gasteiger partial charge in [-0.2, -0.15) is 5.10 Å². The molecule has 100 valence electrons. The normalized spacial score (nSPS) is 12.3. The van der Waals surface area contributed by atoms with Crippen LogP contribution in [0, 0.1) is 6.92 Å². The van der Waals surface area contributed by atoms with Gasteiger partial charge in [-0.3, -0.25) is 9.97 Å². The lowest BCUT2D eigenvalue weighted by molar-refractivity contribution is 0.206. The standard InChI is InChI=1S/C15H14N4O/c1-11-9-17-13(10-16-11)15(20)14-7-8-18-19(14)12-5-3-2-4-6-12/h2-10,15,20H,1H3. The minimum absolute atomic E-state index is 0.508. The molecule has 0 spiro atoms. The van der Waals surface area contributed by atoms with Crippen LogP contribution >= 0.6 is 0 Å². The minimum atomic E-state index is -0.856. The van der Waals surface area contributed by atoms with Crippen LogP contribution in [0.5, 0.6) is 0 Å². The number of nitrogens with zero attached hydrogens (tertiary/aromatic N) is 4. The van der Waals surface area contributed by atoms with Crippen LogP contribution in [0.1, 0.15) is 23.2 Å². The van der Waals surface area contributed by atoms with E-state index in [9.17, 15) is 5.11 Å². The number of hydrogen-bond acceptors (Lipinski definition) is 4. The Morgan fingerprint density at radius 3 is 2.55 bits per heavy atom. The largest absolute Gasteiger partial charge is 0.380 e. The summed E-state index contributed by atoms with van der Waals surface area (Å²) in [4.78, 5) is 8.38. The molecule has 1 aromatic carbocycles. The van der Waals surface area contributed by atoms with Gasteiger partial charge < -0.3 is 5.11 Å². The van der Waals surface area contributed by atoms with Crippen LogP contribution in [0.4, 0.5) is 0 Å². The second-order valence-electron chi connectivity index (χ2n) is 4.49. The molecule has 0 fully saturated rings. The fourth-order valence-electron chi connectivity index (χ4n) is 2.00. The second kappa shape index (κ2) is 5.22. The quantitative estimate of drug-likeness (QED) is 0.788. The Labute approximate surface area is 116 Å². The van der Waals surface area contributed by atoms with Gasteiger partial charge in [0.25, 0.3) is 0 Å². The highest BCUT2D eigenvalue weighted by atomic mass is 16.3. The number of rotatable bonds is 3. The Hall–Kier alpha value is -2.53. The van der Waals surface area contributed by atoms with E-state index in [0.29, 0.717) is 11.4 Å². The highest BCUT2D eigenvalue weighted by molar-refractivity contribution is 5.34. The van der Waals surface area contributed by atoms with Crippen LogP contribution in [-0.4, -0.2) is 24.9 Å². The van der Waals surface area contributed by atoms with E-state index in [4.69, 9.17) is 0 Å². The molecule has 0 saturated carbocycles. The van der Waals surface area contributed by atoms with Gasteiger partial charge in [-0.1, -0.05) is 18.2 Å². The first kappa shape index (κ1) is 12.5. The molecule has 1 N–H and O–H groups in total. The van der Waals surface area contributed by atoms with Crippen molar-refractivity contribution in [3.63, 3.8) is 0 Å². The predicted molar refractivity (Wildman–Crippen MR) is 74.4 cm³/mol. The topological polar surface area (TPSA) is 63.8 Å². The third-order valence-electron chi connectivity index (χ3n) is 3.03. The fraction of sp³-hybridized carbons (Fsp3) is 0.133. The first-order valence-electron chi connectivity index (χ1n) is 6.31. The van der Waals surface area contributed by atoms with Crippen molar-refractivity contribution >= 4 is 0 Å².